The predicted octanol–water partition coefficient (Wildman–Crippen LogP) is 2.41. The van der Waals surface area contributed by atoms with E-state index in [4.69, 9.17) is 0 Å². The fourth-order valence-corrected chi connectivity index (χ4v) is 1.75. The van der Waals surface area contributed by atoms with Crippen molar-refractivity contribution in [1.29, 1.82) is 0 Å². The Kier molecular flexibility index (Phi) is 3.11. The second kappa shape index (κ2) is 4.44. The summed E-state index contributed by atoms with van der Waals surface area (Å²) in [4.78, 5) is 3.70. The molecule has 0 aliphatic rings. The van der Waals surface area contributed by atoms with Crippen LogP contribution in [0.15, 0.2) is 30.6 Å². The predicted molar refractivity (Wildman–Crippen MR) is 59.5 cm³/mol. The molecule has 0 aliphatic carbocycles. The summed E-state index contributed by atoms with van der Waals surface area (Å²) in [6, 6.07) is 5.33. The molecule has 18 heavy (non-hydrogen) atoms. The molecule has 0 spiro atoms. The standard InChI is InChI=1S/C12H13F3N3/c1-3-18-8-10(12(13,14)15)16-11(18)9-6-4-5-7-17(9)2/h4-8H,3H2,1-2H3/q+1. The Morgan fingerprint density at radius 1 is 1.33 bits per heavy atom. The van der Waals surface area contributed by atoms with Crippen molar-refractivity contribution < 1.29 is 17.7 Å². The lowest BCUT2D eigenvalue weighted by Crippen LogP contribution is -2.31. The van der Waals surface area contributed by atoms with Gasteiger partial charge in [-0.1, -0.05) is 0 Å². The minimum atomic E-state index is -4.41. The van der Waals surface area contributed by atoms with Gasteiger partial charge in [-0.25, -0.2) is 4.98 Å². The number of imidazole rings is 1. The highest BCUT2D eigenvalue weighted by molar-refractivity contribution is 5.46. The molecular formula is C12H13F3N3+. The minimum absolute atomic E-state index is 0.327. The van der Waals surface area contributed by atoms with Crippen molar-refractivity contribution >= 4 is 0 Å². The molecule has 2 aromatic heterocycles. The van der Waals surface area contributed by atoms with Crippen LogP contribution in [0.2, 0.25) is 0 Å². The molecule has 0 N–H and O–H groups in total. The summed E-state index contributed by atoms with van der Waals surface area (Å²) in [5.74, 6) is 0.327. The van der Waals surface area contributed by atoms with Gasteiger partial charge in [0.15, 0.2) is 11.9 Å². The molecule has 0 bridgehead atoms. The highest BCUT2D eigenvalue weighted by atomic mass is 19.4. The first kappa shape index (κ1) is 12.6. The average molecular weight is 256 g/mol. The van der Waals surface area contributed by atoms with Gasteiger partial charge in [0, 0.05) is 24.9 Å². The number of alkyl halides is 3. The van der Waals surface area contributed by atoms with E-state index in [1.807, 2.05) is 6.07 Å². The average Bonchev–Trinajstić information content (AvgIpc) is 2.73. The third-order valence-corrected chi connectivity index (χ3v) is 2.69. The van der Waals surface area contributed by atoms with E-state index >= 15 is 0 Å². The van der Waals surface area contributed by atoms with E-state index in [1.165, 1.54) is 4.57 Å². The number of hydrogen-bond donors (Lipinski definition) is 0. The topological polar surface area (TPSA) is 21.7 Å². The molecule has 0 aliphatic heterocycles. The van der Waals surface area contributed by atoms with Crippen molar-refractivity contribution in [3.8, 4) is 11.5 Å². The fraction of sp³-hybridized carbons (Fsp3) is 0.333. The maximum Gasteiger partial charge on any atom is 0.434 e. The normalized spacial score (nSPS) is 11.8. The molecule has 0 unspecified atom stereocenters. The summed E-state index contributed by atoms with van der Waals surface area (Å²) in [6.45, 7) is 2.22. The van der Waals surface area contributed by atoms with Gasteiger partial charge in [0.2, 0.25) is 11.5 Å². The Morgan fingerprint density at radius 3 is 2.61 bits per heavy atom. The third-order valence-electron chi connectivity index (χ3n) is 2.69. The Hall–Kier alpha value is -1.85. The number of aromatic nitrogens is 3. The van der Waals surface area contributed by atoms with Crippen LogP contribution in [0.4, 0.5) is 13.2 Å². The van der Waals surface area contributed by atoms with Crippen LogP contribution in [0, 0.1) is 0 Å². The van der Waals surface area contributed by atoms with Crippen LogP contribution >= 0.6 is 0 Å². The van der Waals surface area contributed by atoms with Crippen molar-refractivity contribution in [1.82, 2.24) is 9.55 Å². The van der Waals surface area contributed by atoms with E-state index in [2.05, 4.69) is 4.98 Å². The highest BCUT2D eigenvalue weighted by Gasteiger charge is 2.35. The van der Waals surface area contributed by atoms with Crippen LogP contribution in [0.1, 0.15) is 12.6 Å². The van der Waals surface area contributed by atoms with Crippen molar-refractivity contribution in [2.75, 3.05) is 0 Å². The van der Waals surface area contributed by atoms with Crippen molar-refractivity contribution in [3.05, 3.63) is 36.3 Å². The largest absolute Gasteiger partial charge is 0.434 e. The molecule has 96 valence electrons. The van der Waals surface area contributed by atoms with E-state index in [9.17, 15) is 13.2 Å². The maximum absolute atomic E-state index is 12.7. The smallest absolute Gasteiger partial charge is 0.326 e. The monoisotopic (exact) mass is 256 g/mol. The van der Waals surface area contributed by atoms with E-state index in [1.54, 1.807) is 36.9 Å². The molecule has 2 aromatic rings. The quantitative estimate of drug-likeness (QED) is 0.756. The van der Waals surface area contributed by atoms with Crippen molar-refractivity contribution in [2.24, 2.45) is 7.05 Å². The lowest BCUT2D eigenvalue weighted by atomic mass is 10.3. The molecule has 3 nitrogen and oxygen atoms in total. The first-order chi connectivity index (χ1) is 8.43. The van der Waals surface area contributed by atoms with E-state index < -0.39 is 11.9 Å². The first-order valence-corrected chi connectivity index (χ1v) is 5.53. The molecule has 0 fully saturated rings. The summed E-state index contributed by atoms with van der Waals surface area (Å²) in [5.41, 5.74) is -0.210. The van der Waals surface area contributed by atoms with Crippen LogP contribution in [-0.4, -0.2) is 9.55 Å². The number of aryl methyl sites for hydroxylation is 2. The van der Waals surface area contributed by atoms with Gasteiger partial charge in [-0.2, -0.15) is 17.7 Å². The lowest BCUT2D eigenvalue weighted by molar-refractivity contribution is -0.660. The number of pyridine rings is 1. The van der Waals surface area contributed by atoms with Gasteiger partial charge in [-0.05, 0) is 13.0 Å². The Labute approximate surface area is 103 Å². The van der Waals surface area contributed by atoms with Crippen LogP contribution < -0.4 is 4.57 Å². The third kappa shape index (κ3) is 2.23. The summed E-state index contributed by atoms with van der Waals surface area (Å²) in [6.07, 6.45) is -1.60. The van der Waals surface area contributed by atoms with Crippen LogP contribution in [-0.2, 0) is 19.8 Å². The Balaban J connectivity index is 2.58. The zero-order valence-corrected chi connectivity index (χ0v) is 10.1. The number of hydrogen-bond acceptors (Lipinski definition) is 1. The fourth-order valence-electron chi connectivity index (χ4n) is 1.75. The van der Waals surface area contributed by atoms with Crippen LogP contribution in [0.5, 0.6) is 0 Å². The van der Waals surface area contributed by atoms with Crippen LogP contribution in [0.3, 0.4) is 0 Å². The molecule has 2 rings (SSSR count). The molecule has 0 aromatic carbocycles. The zero-order valence-electron chi connectivity index (χ0n) is 10.1. The Morgan fingerprint density at radius 2 is 2.06 bits per heavy atom. The molecule has 6 heteroatoms. The van der Waals surface area contributed by atoms with E-state index in [0.717, 1.165) is 6.20 Å². The van der Waals surface area contributed by atoms with E-state index in [-0.39, 0.29) is 0 Å². The molecule has 0 atom stereocenters. The van der Waals surface area contributed by atoms with Gasteiger partial charge >= 0.3 is 6.18 Å². The summed E-state index contributed by atoms with van der Waals surface area (Å²) >= 11 is 0. The summed E-state index contributed by atoms with van der Waals surface area (Å²) in [7, 11) is 1.78. The Bertz CT molecular complexity index is 558. The van der Waals surface area contributed by atoms with Gasteiger partial charge < -0.3 is 4.57 Å². The second-order valence-electron chi connectivity index (χ2n) is 3.93. The molecular weight excluding hydrogens is 243 g/mol. The SMILES string of the molecule is CCn1cc(C(F)(F)F)nc1-c1cccc[n+]1C. The number of halogens is 3. The van der Waals surface area contributed by atoms with Gasteiger partial charge in [0.1, 0.15) is 7.05 Å². The highest BCUT2D eigenvalue weighted by Crippen LogP contribution is 2.30. The van der Waals surface area contributed by atoms with Gasteiger partial charge in [-0.15, -0.1) is 0 Å². The van der Waals surface area contributed by atoms with E-state index in [0.29, 0.717) is 18.1 Å². The first-order valence-electron chi connectivity index (χ1n) is 5.53. The lowest BCUT2D eigenvalue weighted by Gasteiger charge is -2.01. The second-order valence-corrected chi connectivity index (χ2v) is 3.93. The molecule has 0 saturated heterocycles. The number of nitrogens with zero attached hydrogens (tertiary/aromatic N) is 3. The number of rotatable bonds is 2. The van der Waals surface area contributed by atoms with Crippen molar-refractivity contribution in [3.63, 3.8) is 0 Å². The minimum Gasteiger partial charge on any atom is -0.326 e. The summed E-state index contributed by atoms with van der Waals surface area (Å²) < 4.78 is 41.2. The molecule has 0 amide bonds. The molecule has 0 saturated carbocycles. The molecule has 2 heterocycles. The van der Waals surface area contributed by atoms with Crippen molar-refractivity contribution in [2.45, 2.75) is 19.6 Å². The van der Waals surface area contributed by atoms with Gasteiger partial charge in [-0.3, -0.25) is 0 Å². The van der Waals surface area contributed by atoms with Gasteiger partial charge in [0.25, 0.3) is 0 Å². The zero-order chi connectivity index (χ0) is 13.3. The van der Waals surface area contributed by atoms with Gasteiger partial charge in [0.05, 0.1) is 0 Å². The van der Waals surface area contributed by atoms with Crippen LogP contribution in [0.25, 0.3) is 11.5 Å². The molecule has 0 radical (unpaired) electrons. The maximum atomic E-state index is 12.7. The summed E-state index contributed by atoms with van der Waals surface area (Å²) in [5, 5.41) is 0.